The van der Waals surface area contributed by atoms with E-state index in [-0.39, 0.29) is 33.5 Å². The molecule has 0 aliphatic carbocycles. The number of carbonyl (C=O) groups excluding carboxylic acids is 1. The van der Waals surface area contributed by atoms with Crippen LogP contribution in [0.15, 0.2) is 75.8 Å². The molecule has 0 atom stereocenters. The van der Waals surface area contributed by atoms with Crippen molar-refractivity contribution in [2.24, 2.45) is 5.10 Å². The zero-order chi connectivity index (χ0) is 23.0. The fraction of sp³-hybridized carbons (Fsp3) is 0.0476. The summed E-state index contributed by atoms with van der Waals surface area (Å²) in [5, 5.41) is 15.3. The minimum atomic E-state index is -4.89. The van der Waals surface area contributed by atoms with Gasteiger partial charge in [-0.15, -0.1) is 0 Å². The highest BCUT2D eigenvalue weighted by molar-refractivity contribution is 6.34. The lowest BCUT2D eigenvalue weighted by molar-refractivity contribution is -0.384. The number of hydrogen-bond donors (Lipinski definition) is 0. The first-order chi connectivity index (χ1) is 15.1. The van der Waals surface area contributed by atoms with E-state index in [4.69, 9.17) is 16.0 Å². The van der Waals surface area contributed by atoms with Gasteiger partial charge in [-0.3, -0.25) is 14.9 Å². The average Bonchev–Trinajstić information content (AvgIpc) is 3.34. The Balaban J connectivity index is 1.73. The number of hydrogen-bond acceptors (Lipinski definition) is 5. The van der Waals surface area contributed by atoms with E-state index in [9.17, 15) is 28.1 Å². The second-order valence-corrected chi connectivity index (χ2v) is 6.99. The Bertz CT molecular complexity index is 1280. The number of nitro benzene ring substituents is 1. The van der Waals surface area contributed by atoms with E-state index < -0.39 is 28.3 Å². The Kier molecular flexibility index (Phi) is 5.31. The molecule has 0 fully saturated rings. The van der Waals surface area contributed by atoms with Crippen molar-refractivity contribution in [3.63, 3.8) is 0 Å². The number of benzene rings is 2. The number of carbonyl (C=O) groups is 1. The van der Waals surface area contributed by atoms with Crippen LogP contribution in [-0.2, 0) is 4.79 Å². The summed E-state index contributed by atoms with van der Waals surface area (Å²) in [6.45, 7) is 0. The number of nitro groups is 1. The van der Waals surface area contributed by atoms with Crippen LogP contribution in [0.3, 0.4) is 0 Å². The Morgan fingerprint density at radius 2 is 1.81 bits per heavy atom. The molecule has 0 bridgehead atoms. The van der Waals surface area contributed by atoms with Crippen molar-refractivity contribution >= 4 is 40.7 Å². The van der Waals surface area contributed by atoms with Crippen molar-refractivity contribution in [2.75, 3.05) is 5.01 Å². The molecule has 3 aromatic rings. The summed E-state index contributed by atoms with van der Waals surface area (Å²) < 4.78 is 46.2. The molecule has 1 aromatic heterocycles. The summed E-state index contributed by atoms with van der Waals surface area (Å²) >= 11 is 6.08. The van der Waals surface area contributed by atoms with Crippen LogP contribution in [0.2, 0.25) is 5.02 Å². The zero-order valence-corrected chi connectivity index (χ0v) is 16.6. The highest BCUT2D eigenvalue weighted by Crippen LogP contribution is 2.35. The van der Waals surface area contributed by atoms with E-state index in [2.05, 4.69) is 5.10 Å². The van der Waals surface area contributed by atoms with Gasteiger partial charge < -0.3 is 4.42 Å². The molecule has 1 aliphatic rings. The maximum absolute atomic E-state index is 13.6. The second-order valence-electron chi connectivity index (χ2n) is 6.58. The van der Waals surface area contributed by atoms with Crippen LogP contribution < -0.4 is 5.01 Å². The van der Waals surface area contributed by atoms with Crippen molar-refractivity contribution in [2.45, 2.75) is 6.18 Å². The SMILES string of the molecule is O=C1/C(=C\c2ccc(-c3cc([N+](=O)[O-])ccc3Cl)o2)C(C(F)(F)F)=NN1c1ccccc1. The standard InChI is InChI=1S/C21H11ClF3N3O4/c22-17-8-6-13(28(30)31)10-15(17)18-9-7-14(32-18)11-16-19(21(23,24)25)26-27(20(16)29)12-4-2-1-3-5-12/h1-11H/b16-11-. The first-order valence-corrected chi connectivity index (χ1v) is 9.34. The van der Waals surface area contributed by atoms with Crippen LogP contribution in [0.1, 0.15) is 5.76 Å². The van der Waals surface area contributed by atoms with E-state index in [1.165, 1.54) is 42.5 Å². The summed E-state index contributed by atoms with van der Waals surface area (Å²) in [6.07, 6.45) is -3.96. The third kappa shape index (κ3) is 4.00. The van der Waals surface area contributed by atoms with Crippen molar-refractivity contribution < 1.29 is 27.3 Å². The number of para-hydroxylation sites is 1. The number of furan rings is 1. The Morgan fingerprint density at radius 1 is 1.09 bits per heavy atom. The van der Waals surface area contributed by atoms with Gasteiger partial charge in [0.15, 0.2) is 5.71 Å². The van der Waals surface area contributed by atoms with E-state index in [0.717, 1.165) is 6.08 Å². The molecule has 0 spiro atoms. The maximum Gasteiger partial charge on any atom is 0.435 e. The second kappa shape index (κ2) is 7.97. The number of alkyl halides is 3. The molecule has 0 radical (unpaired) electrons. The first-order valence-electron chi connectivity index (χ1n) is 8.96. The largest absolute Gasteiger partial charge is 0.457 e. The van der Waals surface area contributed by atoms with Crippen LogP contribution >= 0.6 is 11.6 Å². The molecule has 0 saturated carbocycles. The number of halogens is 4. The average molecular weight is 462 g/mol. The number of hydrazone groups is 1. The van der Waals surface area contributed by atoms with E-state index in [0.29, 0.717) is 5.01 Å². The lowest BCUT2D eigenvalue weighted by atomic mass is 10.1. The first kappa shape index (κ1) is 21.3. The highest BCUT2D eigenvalue weighted by Gasteiger charge is 2.47. The molecule has 0 saturated heterocycles. The summed E-state index contributed by atoms with van der Waals surface area (Å²) in [5.41, 5.74) is -1.95. The van der Waals surface area contributed by atoms with Gasteiger partial charge in [-0.1, -0.05) is 29.8 Å². The molecule has 2 aromatic carbocycles. The molecule has 1 amide bonds. The van der Waals surface area contributed by atoms with Gasteiger partial charge >= 0.3 is 6.18 Å². The van der Waals surface area contributed by atoms with Crippen LogP contribution in [0.25, 0.3) is 17.4 Å². The van der Waals surface area contributed by atoms with Gasteiger partial charge in [0.25, 0.3) is 11.6 Å². The van der Waals surface area contributed by atoms with Gasteiger partial charge in [-0.25, -0.2) is 0 Å². The molecule has 1 aliphatic heterocycles. The van der Waals surface area contributed by atoms with Crippen LogP contribution in [0.4, 0.5) is 24.5 Å². The van der Waals surface area contributed by atoms with Gasteiger partial charge in [0.1, 0.15) is 11.5 Å². The molecule has 0 unspecified atom stereocenters. The van der Waals surface area contributed by atoms with Crippen LogP contribution in [0.5, 0.6) is 0 Å². The molecule has 2 heterocycles. The van der Waals surface area contributed by atoms with E-state index >= 15 is 0 Å². The van der Waals surface area contributed by atoms with Gasteiger partial charge in [0.2, 0.25) is 0 Å². The normalized spacial score (nSPS) is 15.4. The quantitative estimate of drug-likeness (QED) is 0.276. The maximum atomic E-state index is 13.6. The van der Waals surface area contributed by atoms with Crippen LogP contribution in [0, 0.1) is 10.1 Å². The Hall–Kier alpha value is -3.92. The lowest BCUT2D eigenvalue weighted by Crippen LogP contribution is -2.25. The third-order valence-electron chi connectivity index (χ3n) is 4.49. The van der Waals surface area contributed by atoms with Gasteiger partial charge in [-0.05, 0) is 36.4 Å². The molecular formula is C21H11ClF3N3O4. The van der Waals surface area contributed by atoms with Crippen molar-refractivity contribution in [3.8, 4) is 11.3 Å². The number of anilines is 1. The number of nitrogens with zero attached hydrogens (tertiary/aromatic N) is 3. The van der Waals surface area contributed by atoms with Gasteiger partial charge in [0, 0.05) is 17.7 Å². The number of amides is 1. The predicted molar refractivity (Wildman–Crippen MR) is 111 cm³/mol. The zero-order valence-electron chi connectivity index (χ0n) is 15.8. The minimum absolute atomic E-state index is 0.0846. The molecule has 0 N–H and O–H groups in total. The number of non-ortho nitro benzene ring substituents is 1. The summed E-state index contributed by atoms with van der Waals surface area (Å²) in [7, 11) is 0. The van der Waals surface area contributed by atoms with E-state index in [1.807, 2.05) is 0 Å². The predicted octanol–water partition coefficient (Wildman–Crippen LogP) is 5.86. The fourth-order valence-electron chi connectivity index (χ4n) is 3.03. The van der Waals surface area contributed by atoms with Crippen molar-refractivity contribution in [3.05, 3.63) is 87.1 Å². The molecule has 7 nitrogen and oxygen atoms in total. The summed E-state index contributed by atoms with van der Waals surface area (Å²) in [5.74, 6) is -0.978. The highest BCUT2D eigenvalue weighted by atomic mass is 35.5. The smallest absolute Gasteiger partial charge is 0.435 e. The van der Waals surface area contributed by atoms with Crippen molar-refractivity contribution in [1.82, 2.24) is 0 Å². The fourth-order valence-corrected chi connectivity index (χ4v) is 3.24. The Labute approximate surface area is 183 Å². The molecule has 32 heavy (non-hydrogen) atoms. The topological polar surface area (TPSA) is 88.9 Å². The Morgan fingerprint density at radius 3 is 2.47 bits per heavy atom. The molecule has 4 rings (SSSR count). The van der Waals surface area contributed by atoms with Crippen molar-refractivity contribution in [1.29, 1.82) is 0 Å². The number of rotatable bonds is 4. The summed E-state index contributed by atoms with van der Waals surface area (Å²) in [6, 6.07) is 14.1. The minimum Gasteiger partial charge on any atom is -0.457 e. The molecule has 11 heteroatoms. The van der Waals surface area contributed by atoms with Gasteiger partial charge in [0.05, 0.1) is 21.2 Å². The lowest BCUT2D eigenvalue weighted by Gasteiger charge is -2.10. The summed E-state index contributed by atoms with van der Waals surface area (Å²) in [4.78, 5) is 23.1. The molecular weight excluding hydrogens is 451 g/mol. The monoisotopic (exact) mass is 461 g/mol. The third-order valence-corrected chi connectivity index (χ3v) is 4.82. The van der Waals surface area contributed by atoms with Crippen LogP contribution in [-0.4, -0.2) is 22.7 Å². The van der Waals surface area contributed by atoms with E-state index in [1.54, 1.807) is 18.2 Å². The molecule has 162 valence electrons. The van der Waals surface area contributed by atoms with Gasteiger partial charge in [-0.2, -0.15) is 23.3 Å².